The Morgan fingerprint density at radius 3 is 2.62 bits per heavy atom. The van der Waals surface area contributed by atoms with Gasteiger partial charge in [-0.1, -0.05) is 0 Å². The van der Waals surface area contributed by atoms with Crippen molar-refractivity contribution in [3.05, 3.63) is 59.2 Å². The molecule has 2 heterocycles. The molecule has 1 saturated heterocycles. The lowest BCUT2D eigenvalue weighted by Gasteiger charge is -2.37. The summed E-state index contributed by atoms with van der Waals surface area (Å²) in [4.78, 5) is 22.1. The van der Waals surface area contributed by atoms with Crippen LogP contribution in [0.2, 0.25) is 0 Å². The highest BCUT2D eigenvalue weighted by Crippen LogP contribution is 2.37. The van der Waals surface area contributed by atoms with Gasteiger partial charge in [0, 0.05) is 30.1 Å². The molecule has 1 unspecified atom stereocenters. The topological polar surface area (TPSA) is 106 Å². The molecule has 2 amide bonds. The van der Waals surface area contributed by atoms with Gasteiger partial charge in [0.25, 0.3) is 0 Å². The van der Waals surface area contributed by atoms with Gasteiger partial charge in [-0.25, -0.2) is 23.5 Å². The summed E-state index contributed by atoms with van der Waals surface area (Å²) < 4.78 is 27.2. The quantitative estimate of drug-likeness (QED) is 0.829. The molecule has 29 heavy (non-hydrogen) atoms. The molecule has 0 radical (unpaired) electrons. The highest BCUT2D eigenvalue weighted by molar-refractivity contribution is 5.98. The molecule has 2 aromatic rings. The molecule has 0 spiro atoms. The molecule has 1 aromatic heterocycles. The summed E-state index contributed by atoms with van der Waals surface area (Å²) in [6.45, 7) is 0. The van der Waals surface area contributed by atoms with Crippen molar-refractivity contribution in [3.8, 4) is 6.07 Å². The van der Waals surface area contributed by atoms with Crippen LogP contribution in [0.1, 0.15) is 54.6 Å². The maximum atomic E-state index is 13.6. The Hall–Kier alpha value is -3.41. The summed E-state index contributed by atoms with van der Waals surface area (Å²) in [5, 5.41) is 19.9. The van der Waals surface area contributed by atoms with Crippen molar-refractivity contribution in [1.29, 1.82) is 10.7 Å². The number of nitriles is 1. The molecule has 7 nitrogen and oxygen atoms in total. The molecule has 2 N–H and O–H groups in total. The van der Waals surface area contributed by atoms with Crippen LogP contribution in [0.25, 0.3) is 0 Å². The number of aromatic nitrogens is 2. The van der Waals surface area contributed by atoms with Crippen LogP contribution in [0, 0.1) is 28.4 Å². The van der Waals surface area contributed by atoms with Gasteiger partial charge in [0.15, 0.2) is 0 Å². The van der Waals surface area contributed by atoms with E-state index >= 15 is 0 Å². The Morgan fingerprint density at radius 1 is 1.21 bits per heavy atom. The van der Waals surface area contributed by atoms with Crippen molar-refractivity contribution in [2.24, 2.45) is 0 Å². The fourth-order valence-electron chi connectivity index (χ4n) is 3.94. The number of carbonyl (C=O) groups excluding carboxylic acids is 1. The van der Waals surface area contributed by atoms with E-state index in [9.17, 15) is 13.6 Å². The molecular formula is C20H18F2N6O. The highest BCUT2D eigenvalue weighted by atomic mass is 19.1. The third-order valence-electron chi connectivity index (χ3n) is 5.43. The lowest BCUT2D eigenvalue weighted by Crippen LogP contribution is -2.50. The van der Waals surface area contributed by atoms with Crippen molar-refractivity contribution >= 4 is 11.9 Å². The van der Waals surface area contributed by atoms with Crippen LogP contribution >= 0.6 is 0 Å². The Labute approximate surface area is 165 Å². The lowest BCUT2D eigenvalue weighted by molar-refractivity contribution is 0.195. The number of amidine groups is 1. The number of amides is 2. The molecule has 2 aliphatic rings. The van der Waals surface area contributed by atoms with Gasteiger partial charge in [0.1, 0.15) is 35.6 Å². The number of halogens is 2. The lowest BCUT2D eigenvalue weighted by atomic mass is 9.78. The standard InChI is InChI=1S/C20H18F2N6O/c21-13-3-12(4-14(22)7-13)18-1-2-19(24)28(18)20(29)27-15-5-11(6-15)17-8-16(9-23)25-10-26-17/h3-4,7-8,10-11,15,18,24H,1-2,5-6H2,(H,27,29). The Balaban J connectivity index is 1.41. The van der Waals surface area contributed by atoms with Crippen LogP contribution in [-0.4, -0.2) is 32.8 Å². The Morgan fingerprint density at radius 2 is 1.93 bits per heavy atom. The molecule has 1 aliphatic heterocycles. The molecule has 1 aliphatic carbocycles. The predicted octanol–water partition coefficient (Wildman–Crippen LogP) is 3.40. The molecule has 9 heteroatoms. The molecule has 1 aromatic carbocycles. The van der Waals surface area contributed by atoms with Gasteiger partial charge in [-0.3, -0.25) is 10.3 Å². The van der Waals surface area contributed by atoms with E-state index in [2.05, 4.69) is 15.3 Å². The second kappa shape index (κ2) is 7.54. The minimum Gasteiger partial charge on any atom is -0.335 e. The minimum absolute atomic E-state index is 0.0914. The Kier molecular flexibility index (Phi) is 4.92. The first-order valence-corrected chi connectivity index (χ1v) is 9.29. The number of nitrogens with one attached hydrogen (secondary N) is 2. The molecule has 148 valence electrons. The number of hydrogen-bond acceptors (Lipinski definition) is 5. The van der Waals surface area contributed by atoms with E-state index < -0.39 is 23.7 Å². The summed E-state index contributed by atoms with van der Waals surface area (Å²) in [7, 11) is 0. The average Bonchev–Trinajstić information content (AvgIpc) is 3.05. The van der Waals surface area contributed by atoms with Gasteiger partial charge in [0.05, 0.1) is 6.04 Å². The monoisotopic (exact) mass is 396 g/mol. The summed E-state index contributed by atoms with van der Waals surface area (Å²) >= 11 is 0. The van der Waals surface area contributed by atoms with Crippen LogP contribution < -0.4 is 5.32 Å². The van der Waals surface area contributed by atoms with Crippen LogP contribution in [-0.2, 0) is 0 Å². The van der Waals surface area contributed by atoms with E-state index in [-0.39, 0.29) is 17.8 Å². The second-order valence-electron chi connectivity index (χ2n) is 7.33. The van der Waals surface area contributed by atoms with Gasteiger partial charge < -0.3 is 5.32 Å². The van der Waals surface area contributed by atoms with E-state index in [1.165, 1.54) is 23.4 Å². The Bertz CT molecular complexity index is 994. The van der Waals surface area contributed by atoms with Crippen molar-refractivity contribution < 1.29 is 13.6 Å². The van der Waals surface area contributed by atoms with Crippen molar-refractivity contribution in [2.45, 2.75) is 43.7 Å². The van der Waals surface area contributed by atoms with Gasteiger partial charge in [-0.05, 0) is 43.0 Å². The zero-order valence-electron chi connectivity index (χ0n) is 15.4. The van der Waals surface area contributed by atoms with Crippen molar-refractivity contribution in [1.82, 2.24) is 20.2 Å². The first-order chi connectivity index (χ1) is 13.9. The van der Waals surface area contributed by atoms with E-state index in [4.69, 9.17) is 10.7 Å². The summed E-state index contributed by atoms with van der Waals surface area (Å²) in [6, 6.07) is 5.72. The number of hydrogen-bond donors (Lipinski definition) is 2. The smallest absolute Gasteiger partial charge is 0.323 e. The van der Waals surface area contributed by atoms with Gasteiger partial charge in [-0.2, -0.15) is 5.26 Å². The molecule has 4 rings (SSSR count). The fourth-order valence-corrected chi connectivity index (χ4v) is 3.94. The first-order valence-electron chi connectivity index (χ1n) is 9.29. The maximum absolute atomic E-state index is 13.6. The number of urea groups is 1. The number of likely N-dealkylation sites (tertiary alicyclic amines) is 1. The molecule has 1 atom stereocenters. The SMILES string of the molecule is N#Cc1cc(C2CC(NC(=O)N3C(=N)CCC3c3cc(F)cc(F)c3)C2)ncn1. The van der Waals surface area contributed by atoms with E-state index in [1.807, 2.05) is 6.07 Å². The van der Waals surface area contributed by atoms with Crippen molar-refractivity contribution in [3.63, 3.8) is 0 Å². The zero-order valence-corrected chi connectivity index (χ0v) is 15.4. The number of benzene rings is 1. The third-order valence-corrected chi connectivity index (χ3v) is 5.43. The van der Waals surface area contributed by atoms with Crippen molar-refractivity contribution in [2.75, 3.05) is 0 Å². The molecule has 1 saturated carbocycles. The predicted molar refractivity (Wildman–Crippen MR) is 98.9 cm³/mol. The van der Waals surface area contributed by atoms with Gasteiger partial charge in [-0.15, -0.1) is 0 Å². The molecule has 0 bridgehead atoms. The summed E-state index contributed by atoms with van der Waals surface area (Å²) in [5.41, 5.74) is 1.42. The van der Waals surface area contributed by atoms with E-state index in [1.54, 1.807) is 6.07 Å². The highest BCUT2D eigenvalue weighted by Gasteiger charge is 2.38. The van der Waals surface area contributed by atoms with Crippen LogP contribution in [0.4, 0.5) is 13.6 Å². The zero-order chi connectivity index (χ0) is 20.5. The van der Waals surface area contributed by atoms with E-state index in [0.717, 1.165) is 11.8 Å². The molecular weight excluding hydrogens is 378 g/mol. The average molecular weight is 396 g/mol. The van der Waals surface area contributed by atoms with Crippen LogP contribution in [0.3, 0.4) is 0 Å². The second-order valence-corrected chi connectivity index (χ2v) is 7.33. The van der Waals surface area contributed by atoms with Gasteiger partial charge in [0.2, 0.25) is 0 Å². The number of carbonyl (C=O) groups is 1. The number of nitrogens with zero attached hydrogens (tertiary/aromatic N) is 4. The van der Waals surface area contributed by atoms with Gasteiger partial charge >= 0.3 is 6.03 Å². The van der Waals surface area contributed by atoms with E-state index in [0.29, 0.717) is 36.9 Å². The largest absolute Gasteiger partial charge is 0.335 e. The van der Waals surface area contributed by atoms with Crippen LogP contribution in [0.5, 0.6) is 0 Å². The normalized spacial score (nSPS) is 23.4. The summed E-state index contributed by atoms with van der Waals surface area (Å²) in [6.07, 6.45) is 3.48. The van der Waals surface area contributed by atoms with Crippen LogP contribution in [0.15, 0.2) is 30.6 Å². The maximum Gasteiger partial charge on any atom is 0.323 e. The minimum atomic E-state index is -0.706. The number of rotatable bonds is 3. The third kappa shape index (κ3) is 3.78. The summed E-state index contributed by atoms with van der Waals surface area (Å²) in [5.74, 6) is -1.16. The first kappa shape index (κ1) is 18.9. The fraction of sp³-hybridized carbons (Fsp3) is 0.350. The molecule has 2 fully saturated rings.